The van der Waals surface area contributed by atoms with Gasteiger partial charge in [0.25, 0.3) is 5.69 Å². The normalized spacial score (nSPS) is 14.9. The van der Waals surface area contributed by atoms with E-state index in [1.54, 1.807) is 0 Å². The molecule has 0 fully saturated rings. The van der Waals surface area contributed by atoms with Crippen molar-refractivity contribution >= 4 is 22.5 Å². The van der Waals surface area contributed by atoms with Crippen LogP contribution in [0.3, 0.4) is 0 Å². The quantitative estimate of drug-likeness (QED) is 0.139. The van der Waals surface area contributed by atoms with Crippen LogP contribution in [-0.4, -0.2) is 63.5 Å². The highest BCUT2D eigenvalue weighted by molar-refractivity contribution is 7.85. The first-order valence-corrected chi connectivity index (χ1v) is 10.1. The number of carbonyl (C=O) groups is 1. The maximum Gasteiger partial charge on any atom is 0.416 e. The van der Waals surface area contributed by atoms with E-state index in [4.69, 9.17) is 0 Å². The van der Waals surface area contributed by atoms with E-state index in [-0.39, 0.29) is 18.2 Å². The van der Waals surface area contributed by atoms with E-state index in [9.17, 15) is 85.0 Å². The summed E-state index contributed by atoms with van der Waals surface area (Å²) in [7, 11) is -3.14. The van der Waals surface area contributed by atoms with Gasteiger partial charge in [-0.3, -0.25) is 19.1 Å². The summed E-state index contributed by atoms with van der Waals surface area (Å²) >= 11 is 0. The molecule has 38 heavy (non-hydrogen) atoms. The Bertz CT molecular complexity index is 1090. The molecule has 0 saturated heterocycles. The van der Waals surface area contributed by atoms with E-state index in [0.29, 0.717) is 0 Å². The van der Waals surface area contributed by atoms with Gasteiger partial charge in [0.15, 0.2) is 6.61 Å². The van der Waals surface area contributed by atoms with Crippen molar-refractivity contribution in [1.82, 2.24) is 0 Å². The van der Waals surface area contributed by atoms with Crippen LogP contribution < -0.4 is 0 Å². The number of hydrogen-bond donors (Lipinski definition) is 0. The molecule has 0 aromatic heterocycles. The molecule has 0 amide bonds. The van der Waals surface area contributed by atoms with Crippen molar-refractivity contribution in [2.75, 3.05) is 12.4 Å². The highest BCUT2D eigenvalue weighted by atomic mass is 32.2. The van der Waals surface area contributed by atoms with Crippen LogP contribution in [0.1, 0.15) is 5.56 Å². The number of nitrogens with zero attached hydrogens (tertiary/aromatic N) is 1. The standard InChI is InChI=1S/C16H8F15NO5S/c17-10(18)12(21,22)15(28,29)16(30,31)14(26,27)11(19,20)5-37-9(33)4-38(36)8-2-1-6(13(23,24)25)3-7(8)32(34)35/h1-3,10H,4-5H2. The molecule has 0 radical (unpaired) electrons. The molecule has 1 unspecified atom stereocenters. The summed E-state index contributed by atoms with van der Waals surface area (Å²) in [6.07, 6.45) is -10.9. The molecule has 22 heteroatoms. The van der Waals surface area contributed by atoms with Crippen molar-refractivity contribution < 1.29 is 84.5 Å². The van der Waals surface area contributed by atoms with Crippen LogP contribution in [0.5, 0.6) is 0 Å². The number of benzene rings is 1. The van der Waals surface area contributed by atoms with E-state index in [1.807, 2.05) is 0 Å². The Morgan fingerprint density at radius 3 is 1.82 bits per heavy atom. The molecule has 1 aromatic rings. The molecular weight excluding hydrogens is 603 g/mol. The molecule has 0 bridgehead atoms. The lowest BCUT2D eigenvalue weighted by molar-refractivity contribution is -0.414. The molecule has 1 aromatic carbocycles. The Kier molecular flexibility index (Phi) is 9.09. The van der Waals surface area contributed by atoms with Crippen molar-refractivity contribution in [2.45, 2.75) is 47.1 Å². The zero-order valence-corrected chi connectivity index (χ0v) is 18.1. The highest BCUT2D eigenvalue weighted by Crippen LogP contribution is 2.58. The lowest BCUT2D eigenvalue weighted by atomic mass is 9.94. The van der Waals surface area contributed by atoms with Gasteiger partial charge in [-0.2, -0.15) is 57.1 Å². The van der Waals surface area contributed by atoms with E-state index in [0.717, 1.165) is 0 Å². The van der Waals surface area contributed by atoms with Crippen molar-refractivity contribution in [3.63, 3.8) is 0 Å². The minimum atomic E-state index is -7.89. The smallest absolute Gasteiger partial charge is 0.416 e. The number of ether oxygens (including phenoxy) is 1. The third kappa shape index (κ3) is 5.92. The van der Waals surface area contributed by atoms with Crippen LogP contribution in [0, 0.1) is 10.1 Å². The Balaban J connectivity index is 3.13. The molecular formula is C16H8F15NO5S. The number of halogens is 15. The molecule has 0 N–H and O–H groups in total. The van der Waals surface area contributed by atoms with Crippen LogP contribution in [0.15, 0.2) is 23.1 Å². The van der Waals surface area contributed by atoms with E-state index in [2.05, 4.69) is 4.74 Å². The molecule has 6 nitrogen and oxygen atoms in total. The number of hydrogen-bond acceptors (Lipinski definition) is 5. The van der Waals surface area contributed by atoms with Gasteiger partial charge in [-0.15, -0.1) is 0 Å². The second-order valence-electron chi connectivity index (χ2n) is 6.94. The summed E-state index contributed by atoms with van der Waals surface area (Å²) < 4.78 is 210. The maximum absolute atomic E-state index is 13.6. The van der Waals surface area contributed by atoms with Crippen molar-refractivity contribution in [3.8, 4) is 0 Å². The molecule has 1 atom stereocenters. The third-order valence-corrected chi connectivity index (χ3v) is 5.67. The zero-order valence-electron chi connectivity index (χ0n) is 17.3. The van der Waals surface area contributed by atoms with E-state index in [1.165, 1.54) is 0 Å². The topological polar surface area (TPSA) is 86.5 Å². The summed E-state index contributed by atoms with van der Waals surface area (Å²) in [5.41, 5.74) is -3.19. The molecule has 0 spiro atoms. The number of esters is 1. The Morgan fingerprint density at radius 1 is 0.895 bits per heavy atom. The summed E-state index contributed by atoms with van der Waals surface area (Å²) in [4.78, 5) is 19.7. The number of nitro benzene ring substituents is 1. The number of carbonyl (C=O) groups excluding carboxylic acids is 1. The fourth-order valence-corrected chi connectivity index (χ4v) is 3.33. The SMILES string of the molecule is O=C(CS(=O)c1ccc(C(F)(F)F)cc1[N+](=O)[O-])OCC(F)(F)C(F)(F)C(F)(F)C(F)(F)C(F)(F)C(F)F. The predicted octanol–water partition coefficient (Wildman–Crippen LogP) is 5.71. The third-order valence-electron chi connectivity index (χ3n) is 4.33. The van der Waals surface area contributed by atoms with Gasteiger partial charge in [0, 0.05) is 6.07 Å². The van der Waals surface area contributed by atoms with Gasteiger partial charge in [-0.25, -0.2) is 8.78 Å². The molecule has 0 heterocycles. The van der Waals surface area contributed by atoms with E-state index < -0.39 is 92.4 Å². The van der Waals surface area contributed by atoms with Crippen LogP contribution in [-0.2, 0) is 26.5 Å². The monoisotopic (exact) mass is 611 g/mol. The first kappa shape index (κ1) is 33.2. The largest absolute Gasteiger partial charge is 0.458 e. The van der Waals surface area contributed by atoms with Gasteiger partial charge < -0.3 is 4.74 Å². The lowest BCUT2D eigenvalue weighted by Crippen LogP contribution is -2.69. The van der Waals surface area contributed by atoms with Crippen LogP contribution >= 0.6 is 0 Å². The van der Waals surface area contributed by atoms with Crippen LogP contribution in [0.25, 0.3) is 0 Å². The fourth-order valence-electron chi connectivity index (χ4n) is 2.29. The van der Waals surface area contributed by atoms with Gasteiger partial charge in [0.2, 0.25) is 0 Å². The molecule has 0 saturated carbocycles. The first-order valence-electron chi connectivity index (χ1n) is 8.82. The molecule has 1 rings (SSSR count). The van der Waals surface area contributed by atoms with Gasteiger partial charge in [0.05, 0.1) is 21.3 Å². The van der Waals surface area contributed by atoms with Gasteiger partial charge in [-0.1, -0.05) is 0 Å². The summed E-state index contributed by atoms with van der Waals surface area (Å²) in [6.45, 7) is -3.32. The fraction of sp³-hybridized carbons (Fsp3) is 0.562. The van der Waals surface area contributed by atoms with Crippen LogP contribution in [0.4, 0.5) is 71.5 Å². The second kappa shape index (κ2) is 10.4. The minimum Gasteiger partial charge on any atom is -0.458 e. The van der Waals surface area contributed by atoms with Crippen molar-refractivity contribution in [1.29, 1.82) is 0 Å². The number of alkyl halides is 15. The minimum absolute atomic E-state index is 0.123. The second-order valence-corrected chi connectivity index (χ2v) is 8.36. The molecule has 0 aliphatic heterocycles. The maximum atomic E-state index is 13.6. The van der Waals surface area contributed by atoms with E-state index >= 15 is 0 Å². The lowest BCUT2D eigenvalue weighted by Gasteiger charge is -2.38. The Labute approximate surface area is 201 Å². The Hall–Kier alpha value is -2.81. The predicted molar refractivity (Wildman–Crippen MR) is 91.1 cm³/mol. The van der Waals surface area contributed by atoms with Gasteiger partial charge in [-0.05, 0) is 12.1 Å². The summed E-state index contributed by atoms with van der Waals surface area (Å²) in [5, 5.41) is 10.9. The molecule has 0 aliphatic rings. The summed E-state index contributed by atoms with van der Waals surface area (Å²) in [6, 6.07) is 0.154. The number of nitro groups is 1. The van der Waals surface area contributed by atoms with Crippen molar-refractivity contribution in [2.24, 2.45) is 0 Å². The average molecular weight is 611 g/mol. The number of rotatable bonds is 11. The van der Waals surface area contributed by atoms with Crippen molar-refractivity contribution in [3.05, 3.63) is 33.9 Å². The zero-order chi connectivity index (χ0) is 30.3. The van der Waals surface area contributed by atoms with Gasteiger partial charge in [0.1, 0.15) is 10.6 Å². The summed E-state index contributed by atoms with van der Waals surface area (Å²) in [5.74, 6) is -41.4. The van der Waals surface area contributed by atoms with Gasteiger partial charge >= 0.3 is 48.2 Å². The molecule has 218 valence electrons. The van der Waals surface area contributed by atoms with Crippen LogP contribution in [0.2, 0.25) is 0 Å². The average Bonchev–Trinajstić information content (AvgIpc) is 2.75. The first-order chi connectivity index (χ1) is 16.8. The Morgan fingerprint density at radius 2 is 1.39 bits per heavy atom. The molecule has 0 aliphatic carbocycles. The highest BCUT2D eigenvalue weighted by Gasteiger charge is 2.87.